The van der Waals surface area contributed by atoms with Crippen LogP contribution in [0.15, 0.2) is 22.7 Å². The van der Waals surface area contributed by atoms with Crippen molar-refractivity contribution in [2.45, 2.75) is 26.3 Å². The third-order valence-electron chi connectivity index (χ3n) is 3.28. The molecule has 4 heteroatoms. The summed E-state index contributed by atoms with van der Waals surface area (Å²) in [5.41, 5.74) is 1.21. The smallest absolute Gasteiger partial charge is 0.137 e. The summed E-state index contributed by atoms with van der Waals surface area (Å²) in [7, 11) is 0. The molecule has 1 aliphatic rings. The molecule has 0 amide bonds. The molecule has 0 bridgehead atoms. The van der Waals surface area contributed by atoms with Crippen molar-refractivity contribution in [1.29, 1.82) is 0 Å². The molecule has 1 unspecified atom stereocenters. The van der Waals surface area contributed by atoms with Gasteiger partial charge >= 0.3 is 0 Å². The lowest BCUT2D eigenvalue weighted by atomic mass is 10.1. The Kier molecular flexibility index (Phi) is 6.14. The van der Waals surface area contributed by atoms with E-state index < -0.39 is 0 Å². The Labute approximate surface area is 123 Å². The molecule has 0 spiro atoms. The average molecular weight is 328 g/mol. The highest BCUT2D eigenvalue weighted by Crippen LogP contribution is 2.30. The molecule has 1 fully saturated rings. The molecule has 0 radical (unpaired) electrons. The number of benzene rings is 1. The lowest BCUT2D eigenvalue weighted by Crippen LogP contribution is -2.17. The Hall–Kier alpha value is -0.580. The minimum absolute atomic E-state index is 0.531. The molecule has 1 heterocycles. The summed E-state index contributed by atoms with van der Waals surface area (Å²) in [4.78, 5) is 0. The zero-order valence-electron chi connectivity index (χ0n) is 11.5. The molecule has 1 atom stereocenters. The quantitative estimate of drug-likeness (QED) is 0.779. The van der Waals surface area contributed by atoms with Gasteiger partial charge in [-0.15, -0.1) is 0 Å². The van der Waals surface area contributed by atoms with Crippen molar-refractivity contribution in [2.75, 3.05) is 26.4 Å². The zero-order valence-corrected chi connectivity index (χ0v) is 13.0. The second-order valence-corrected chi connectivity index (χ2v) is 5.80. The first-order chi connectivity index (χ1) is 9.31. The van der Waals surface area contributed by atoms with Crippen LogP contribution in [0.4, 0.5) is 0 Å². The van der Waals surface area contributed by atoms with E-state index in [4.69, 9.17) is 9.47 Å². The molecule has 1 aliphatic heterocycles. The average Bonchev–Trinajstić information content (AvgIpc) is 2.91. The van der Waals surface area contributed by atoms with Crippen LogP contribution in [0, 0.1) is 5.92 Å². The molecule has 2 rings (SSSR count). The van der Waals surface area contributed by atoms with Gasteiger partial charge < -0.3 is 14.8 Å². The van der Waals surface area contributed by atoms with Crippen LogP contribution in [0.1, 0.15) is 25.3 Å². The van der Waals surface area contributed by atoms with Gasteiger partial charge in [0, 0.05) is 24.6 Å². The number of halogens is 1. The van der Waals surface area contributed by atoms with E-state index in [1.54, 1.807) is 0 Å². The van der Waals surface area contributed by atoms with E-state index in [0.29, 0.717) is 5.92 Å². The molecular weight excluding hydrogens is 306 g/mol. The van der Waals surface area contributed by atoms with Crippen LogP contribution in [0.5, 0.6) is 5.75 Å². The second kappa shape index (κ2) is 7.88. The highest BCUT2D eigenvalue weighted by Gasteiger charge is 2.17. The highest BCUT2D eigenvalue weighted by atomic mass is 79.9. The maximum Gasteiger partial charge on any atom is 0.137 e. The van der Waals surface area contributed by atoms with Crippen molar-refractivity contribution in [2.24, 2.45) is 5.92 Å². The monoisotopic (exact) mass is 327 g/mol. The molecule has 1 saturated heterocycles. The van der Waals surface area contributed by atoms with Crippen LogP contribution in [0.3, 0.4) is 0 Å². The fourth-order valence-electron chi connectivity index (χ4n) is 2.17. The Morgan fingerprint density at radius 2 is 2.37 bits per heavy atom. The van der Waals surface area contributed by atoms with Gasteiger partial charge in [-0.25, -0.2) is 0 Å². The first-order valence-electron chi connectivity index (χ1n) is 7.00. The molecule has 1 aromatic carbocycles. The molecule has 0 aromatic heterocycles. The van der Waals surface area contributed by atoms with Crippen LogP contribution in [0.2, 0.25) is 0 Å². The first kappa shape index (κ1) is 14.8. The van der Waals surface area contributed by atoms with Crippen LogP contribution in [-0.2, 0) is 11.3 Å². The Morgan fingerprint density at radius 3 is 3.11 bits per heavy atom. The summed E-state index contributed by atoms with van der Waals surface area (Å²) in [6.45, 7) is 6.49. The number of para-hydroxylation sites is 1. The van der Waals surface area contributed by atoms with Gasteiger partial charge in [0.15, 0.2) is 0 Å². The molecule has 1 N–H and O–H groups in total. The summed E-state index contributed by atoms with van der Waals surface area (Å²) >= 11 is 3.58. The van der Waals surface area contributed by atoms with Gasteiger partial charge in [0.2, 0.25) is 0 Å². The van der Waals surface area contributed by atoms with Gasteiger partial charge in [-0.05, 0) is 41.4 Å². The highest BCUT2D eigenvalue weighted by molar-refractivity contribution is 9.10. The van der Waals surface area contributed by atoms with Crippen LogP contribution >= 0.6 is 15.9 Å². The van der Waals surface area contributed by atoms with Crippen molar-refractivity contribution in [1.82, 2.24) is 5.32 Å². The van der Waals surface area contributed by atoms with Crippen molar-refractivity contribution in [3.05, 3.63) is 28.2 Å². The van der Waals surface area contributed by atoms with Gasteiger partial charge in [-0.2, -0.15) is 0 Å². The first-order valence-corrected chi connectivity index (χ1v) is 7.79. The van der Waals surface area contributed by atoms with E-state index in [1.165, 1.54) is 5.56 Å². The Bertz CT molecular complexity index is 392. The van der Waals surface area contributed by atoms with E-state index in [2.05, 4.69) is 40.3 Å². The van der Waals surface area contributed by atoms with Gasteiger partial charge in [0.25, 0.3) is 0 Å². The van der Waals surface area contributed by atoms with E-state index in [1.807, 2.05) is 6.07 Å². The topological polar surface area (TPSA) is 30.5 Å². The summed E-state index contributed by atoms with van der Waals surface area (Å²) < 4.78 is 12.4. The summed E-state index contributed by atoms with van der Waals surface area (Å²) in [6.07, 6.45) is 2.25. The summed E-state index contributed by atoms with van der Waals surface area (Å²) in [5, 5.41) is 3.42. The SMILES string of the molecule is CCCNCc1cccc(Br)c1OCC1CCOC1. The van der Waals surface area contributed by atoms with Crippen LogP contribution < -0.4 is 10.1 Å². The van der Waals surface area contributed by atoms with Gasteiger partial charge in [0.05, 0.1) is 17.7 Å². The molecule has 1 aromatic rings. The van der Waals surface area contributed by atoms with Crippen molar-refractivity contribution < 1.29 is 9.47 Å². The fourth-order valence-corrected chi connectivity index (χ4v) is 2.69. The minimum atomic E-state index is 0.531. The van der Waals surface area contributed by atoms with Crippen molar-refractivity contribution in [3.63, 3.8) is 0 Å². The minimum Gasteiger partial charge on any atom is -0.492 e. The molecule has 106 valence electrons. The standard InChI is InChI=1S/C15H22BrNO2/c1-2-7-17-9-13-4-3-5-14(16)15(13)19-11-12-6-8-18-10-12/h3-5,12,17H,2,6-11H2,1H3. The zero-order chi connectivity index (χ0) is 13.5. The second-order valence-electron chi connectivity index (χ2n) is 4.95. The Morgan fingerprint density at radius 1 is 1.47 bits per heavy atom. The third kappa shape index (κ3) is 4.48. The molecule has 3 nitrogen and oxygen atoms in total. The van der Waals surface area contributed by atoms with E-state index >= 15 is 0 Å². The van der Waals surface area contributed by atoms with Gasteiger partial charge in [-0.1, -0.05) is 19.1 Å². The number of hydrogen-bond acceptors (Lipinski definition) is 3. The Balaban J connectivity index is 1.95. The number of nitrogens with one attached hydrogen (secondary N) is 1. The predicted octanol–water partition coefficient (Wildman–Crippen LogP) is 3.36. The summed E-state index contributed by atoms with van der Waals surface area (Å²) in [5.74, 6) is 1.50. The maximum absolute atomic E-state index is 6.02. The molecule has 0 aliphatic carbocycles. The largest absolute Gasteiger partial charge is 0.492 e. The normalized spacial score (nSPS) is 18.7. The van der Waals surface area contributed by atoms with E-state index in [9.17, 15) is 0 Å². The van der Waals surface area contributed by atoms with Crippen molar-refractivity contribution >= 4 is 15.9 Å². The third-order valence-corrected chi connectivity index (χ3v) is 3.90. The van der Waals surface area contributed by atoms with Gasteiger partial charge in [0.1, 0.15) is 5.75 Å². The number of rotatable bonds is 7. The maximum atomic E-state index is 6.02. The van der Waals surface area contributed by atoms with Gasteiger partial charge in [-0.3, -0.25) is 0 Å². The van der Waals surface area contributed by atoms with Crippen molar-refractivity contribution in [3.8, 4) is 5.75 Å². The molecular formula is C15H22BrNO2. The van der Waals surface area contributed by atoms with E-state index in [-0.39, 0.29) is 0 Å². The lowest BCUT2D eigenvalue weighted by Gasteiger charge is -2.16. The van der Waals surface area contributed by atoms with E-state index in [0.717, 1.165) is 56.0 Å². The van der Waals surface area contributed by atoms with Crippen LogP contribution in [-0.4, -0.2) is 26.4 Å². The number of hydrogen-bond donors (Lipinski definition) is 1. The number of ether oxygens (including phenoxy) is 2. The molecule has 19 heavy (non-hydrogen) atoms. The predicted molar refractivity (Wildman–Crippen MR) is 80.6 cm³/mol. The lowest BCUT2D eigenvalue weighted by molar-refractivity contribution is 0.166. The van der Waals surface area contributed by atoms with Crippen LogP contribution in [0.25, 0.3) is 0 Å². The fraction of sp³-hybridized carbons (Fsp3) is 0.600. The summed E-state index contributed by atoms with van der Waals surface area (Å²) in [6, 6.07) is 6.20. The molecule has 0 saturated carbocycles.